The Morgan fingerprint density at radius 1 is 0.521 bits per heavy atom. The van der Waals surface area contributed by atoms with Gasteiger partial charge in [-0.15, -0.1) is 0 Å². The number of benzene rings is 5. The number of rotatable bonds is 16. The maximum atomic E-state index is 6.96. The van der Waals surface area contributed by atoms with Crippen molar-refractivity contribution in [1.29, 1.82) is 0 Å². The van der Waals surface area contributed by atoms with Crippen LogP contribution in [0.2, 0.25) is 0 Å². The molecule has 0 spiro atoms. The first kappa shape index (κ1) is 33.8. The zero-order chi connectivity index (χ0) is 32.8. The molecule has 0 aliphatic carbocycles. The molecule has 0 aromatic heterocycles. The van der Waals surface area contributed by atoms with Crippen LogP contribution in [0.4, 0.5) is 0 Å². The fourth-order valence-corrected chi connectivity index (χ4v) is 6.50. The van der Waals surface area contributed by atoms with Crippen LogP contribution in [0.1, 0.15) is 40.7 Å². The van der Waals surface area contributed by atoms with Gasteiger partial charge in [0.25, 0.3) is 0 Å². The Hall–Kier alpha value is -4.10. The van der Waals surface area contributed by atoms with Crippen molar-refractivity contribution < 1.29 is 18.9 Å². The third-order valence-electron chi connectivity index (χ3n) is 9.11. The highest BCUT2D eigenvalue weighted by Gasteiger charge is 2.46. The Balaban J connectivity index is 1.31. The lowest BCUT2D eigenvalue weighted by atomic mass is 9.91. The number of piperidine rings is 1. The monoisotopic (exact) mass is 641 g/mol. The van der Waals surface area contributed by atoms with Crippen LogP contribution in [0.25, 0.3) is 0 Å². The molecule has 5 atom stereocenters. The summed E-state index contributed by atoms with van der Waals surface area (Å²) in [6.07, 6.45) is -0.837. The zero-order valence-corrected chi connectivity index (χ0v) is 27.9. The first-order valence-corrected chi connectivity index (χ1v) is 17.1. The molecule has 6 rings (SSSR count). The fraction of sp³-hybridized carbons (Fsp3) is 0.302. The maximum Gasteiger partial charge on any atom is 0.113 e. The molecule has 0 saturated carbocycles. The minimum absolute atomic E-state index is 0.0547. The summed E-state index contributed by atoms with van der Waals surface area (Å²) in [5, 5.41) is 0. The lowest BCUT2D eigenvalue weighted by Crippen LogP contribution is -2.65. The first-order chi connectivity index (χ1) is 23.7. The molecule has 48 heavy (non-hydrogen) atoms. The Morgan fingerprint density at radius 3 is 1.44 bits per heavy atom. The molecule has 1 fully saturated rings. The zero-order valence-electron chi connectivity index (χ0n) is 27.9. The minimum atomic E-state index is -0.314. The van der Waals surface area contributed by atoms with Crippen molar-refractivity contribution in [3.05, 3.63) is 179 Å². The third kappa shape index (κ3) is 9.72. The minimum Gasteiger partial charge on any atom is -0.375 e. The van der Waals surface area contributed by atoms with Crippen molar-refractivity contribution in [2.24, 2.45) is 0 Å². The number of hydrogen-bond acceptors (Lipinski definition) is 5. The Morgan fingerprint density at radius 2 is 0.938 bits per heavy atom. The smallest absolute Gasteiger partial charge is 0.113 e. The van der Waals surface area contributed by atoms with Crippen molar-refractivity contribution in [2.75, 3.05) is 19.7 Å². The van der Waals surface area contributed by atoms with Crippen molar-refractivity contribution in [2.45, 2.75) is 63.6 Å². The van der Waals surface area contributed by atoms with E-state index in [-0.39, 0.29) is 24.4 Å². The first-order valence-electron chi connectivity index (χ1n) is 17.1. The molecule has 248 valence electrons. The van der Waals surface area contributed by atoms with Gasteiger partial charge in [-0.2, -0.15) is 0 Å². The van der Waals surface area contributed by atoms with Gasteiger partial charge in [-0.25, -0.2) is 0 Å². The molecule has 0 N–H and O–H groups in total. The second-order valence-corrected chi connectivity index (χ2v) is 12.7. The number of likely N-dealkylation sites (tertiary alicyclic amines) is 1. The maximum absolute atomic E-state index is 6.96. The molecule has 4 unspecified atom stereocenters. The van der Waals surface area contributed by atoms with Crippen LogP contribution in [0.3, 0.4) is 0 Å². The number of nitrogens with zero attached hydrogens (tertiary/aromatic N) is 1. The summed E-state index contributed by atoms with van der Waals surface area (Å²) in [5.74, 6) is 0.300. The van der Waals surface area contributed by atoms with E-state index in [1.807, 2.05) is 24.3 Å². The normalized spacial score (nSPS) is 20.4. The number of ether oxygens (including phenoxy) is 4. The second-order valence-electron chi connectivity index (χ2n) is 12.7. The van der Waals surface area contributed by atoms with E-state index in [2.05, 4.69) is 139 Å². The van der Waals surface area contributed by atoms with E-state index in [1.54, 1.807) is 0 Å². The van der Waals surface area contributed by atoms with Crippen LogP contribution in [0.5, 0.6) is 0 Å². The summed E-state index contributed by atoms with van der Waals surface area (Å²) in [5.41, 5.74) is 5.85. The highest BCUT2D eigenvalue weighted by molar-refractivity contribution is 5.20. The highest BCUT2D eigenvalue weighted by Crippen LogP contribution is 2.31. The summed E-state index contributed by atoms with van der Waals surface area (Å²) in [6.45, 7) is 6.33. The van der Waals surface area contributed by atoms with Crippen molar-refractivity contribution in [3.8, 4) is 0 Å². The molecule has 0 bridgehead atoms. The van der Waals surface area contributed by atoms with Crippen LogP contribution >= 0.6 is 0 Å². The summed E-state index contributed by atoms with van der Waals surface area (Å²) in [7, 11) is 0. The Labute approximate surface area is 286 Å². The summed E-state index contributed by atoms with van der Waals surface area (Å²) in [6, 6.07) is 52.2. The quantitative estimate of drug-likeness (QED) is 0.108. The van der Waals surface area contributed by atoms with Gasteiger partial charge in [0.05, 0.1) is 45.2 Å². The third-order valence-corrected chi connectivity index (χ3v) is 9.11. The molecule has 1 saturated heterocycles. The summed E-state index contributed by atoms with van der Waals surface area (Å²) >= 11 is 0. The fourth-order valence-electron chi connectivity index (χ4n) is 6.50. The predicted octanol–water partition coefficient (Wildman–Crippen LogP) is 8.45. The molecular weight excluding hydrogens is 594 g/mol. The molecular formula is C43H47NO4. The van der Waals surface area contributed by atoms with E-state index in [1.165, 1.54) is 5.56 Å². The lowest BCUT2D eigenvalue weighted by Gasteiger charge is -2.49. The molecule has 0 amide bonds. The Bertz CT molecular complexity index is 1590. The predicted molar refractivity (Wildman–Crippen MR) is 191 cm³/mol. The molecule has 5 aromatic rings. The highest BCUT2D eigenvalue weighted by atomic mass is 16.6. The van der Waals surface area contributed by atoms with E-state index in [4.69, 9.17) is 18.9 Å². The van der Waals surface area contributed by atoms with E-state index in [0.717, 1.165) is 28.8 Å². The topological polar surface area (TPSA) is 40.2 Å². The molecule has 1 aliphatic heterocycles. The van der Waals surface area contributed by atoms with Gasteiger partial charge in [0.2, 0.25) is 0 Å². The molecule has 5 nitrogen and oxygen atoms in total. The second kappa shape index (κ2) is 17.9. The van der Waals surface area contributed by atoms with Gasteiger partial charge in [0.15, 0.2) is 0 Å². The van der Waals surface area contributed by atoms with Crippen molar-refractivity contribution in [3.63, 3.8) is 0 Å². The van der Waals surface area contributed by atoms with E-state index in [0.29, 0.717) is 45.5 Å². The average molecular weight is 642 g/mol. The van der Waals surface area contributed by atoms with Gasteiger partial charge >= 0.3 is 0 Å². The van der Waals surface area contributed by atoms with Gasteiger partial charge in [0.1, 0.15) is 12.2 Å². The van der Waals surface area contributed by atoms with Gasteiger partial charge < -0.3 is 18.9 Å². The average Bonchev–Trinajstić information content (AvgIpc) is 3.15. The molecule has 0 radical (unpaired) electrons. The van der Waals surface area contributed by atoms with E-state index in [9.17, 15) is 0 Å². The lowest BCUT2D eigenvalue weighted by molar-refractivity contribution is -0.211. The van der Waals surface area contributed by atoms with Gasteiger partial charge in [-0.3, -0.25) is 4.90 Å². The molecule has 1 aliphatic rings. The summed E-state index contributed by atoms with van der Waals surface area (Å²) < 4.78 is 27.2. The van der Waals surface area contributed by atoms with Gasteiger partial charge in [0, 0.05) is 13.1 Å². The van der Waals surface area contributed by atoms with Crippen LogP contribution in [-0.4, -0.2) is 49.0 Å². The largest absolute Gasteiger partial charge is 0.375 e. The van der Waals surface area contributed by atoms with Crippen LogP contribution < -0.4 is 0 Å². The van der Waals surface area contributed by atoms with Crippen LogP contribution in [0.15, 0.2) is 152 Å². The van der Waals surface area contributed by atoms with E-state index >= 15 is 0 Å². The standard InChI is InChI=1S/C43H47NO4/c1-34(39-25-15-6-16-26-39)27-44-28-41(46-30-36-19-9-3-10-20-36)43(48-32-38-23-13-5-14-24-38)42(47-31-37-21-11-4-12-22-37)40(44)33-45-29-35-17-7-2-8-18-35/h2-26,34,40-43H,27-33H2,1H3/t34-,40?,41?,42?,43?/m0/s1. The summed E-state index contributed by atoms with van der Waals surface area (Å²) in [4.78, 5) is 2.52. The van der Waals surface area contributed by atoms with E-state index < -0.39 is 0 Å². The molecule has 1 heterocycles. The van der Waals surface area contributed by atoms with Crippen molar-refractivity contribution >= 4 is 0 Å². The Kier molecular flexibility index (Phi) is 12.6. The van der Waals surface area contributed by atoms with Gasteiger partial charge in [-0.1, -0.05) is 159 Å². The van der Waals surface area contributed by atoms with Gasteiger partial charge in [-0.05, 0) is 33.7 Å². The number of hydrogen-bond donors (Lipinski definition) is 0. The SMILES string of the molecule is C[C@@H](CN1CC(OCc2ccccc2)C(OCc2ccccc2)C(OCc2ccccc2)C1COCc1ccccc1)c1ccccc1. The van der Waals surface area contributed by atoms with Crippen LogP contribution in [-0.2, 0) is 45.4 Å². The van der Waals surface area contributed by atoms with Crippen LogP contribution in [0, 0.1) is 0 Å². The molecule has 5 heteroatoms. The molecule has 5 aromatic carbocycles. The van der Waals surface area contributed by atoms with Crippen molar-refractivity contribution in [1.82, 2.24) is 4.90 Å².